The van der Waals surface area contributed by atoms with E-state index in [1.807, 2.05) is 0 Å². The van der Waals surface area contributed by atoms with Gasteiger partial charge in [0.1, 0.15) is 0 Å². The molecule has 0 amide bonds. The second-order valence-corrected chi connectivity index (χ2v) is 4.89. The fourth-order valence-corrected chi connectivity index (χ4v) is 2.10. The third kappa shape index (κ3) is 6.50. The van der Waals surface area contributed by atoms with Gasteiger partial charge >= 0.3 is 0 Å². The molecule has 1 heterocycles. The Labute approximate surface area is 122 Å². The van der Waals surface area contributed by atoms with Crippen molar-refractivity contribution in [1.29, 1.82) is 0 Å². The normalized spacial score (nSPS) is 11.4. The van der Waals surface area contributed by atoms with Gasteiger partial charge in [-0.1, -0.05) is 13.8 Å². The molecule has 0 bridgehead atoms. The maximum Gasteiger partial charge on any atom is 0.0762 e. The van der Waals surface area contributed by atoms with E-state index in [9.17, 15) is 0 Å². The van der Waals surface area contributed by atoms with Crippen molar-refractivity contribution in [2.75, 3.05) is 33.5 Å². The molecule has 5 heteroatoms. The van der Waals surface area contributed by atoms with Gasteiger partial charge in [0, 0.05) is 26.5 Å². The number of rotatable bonds is 12. The van der Waals surface area contributed by atoms with Crippen LogP contribution < -0.4 is 5.32 Å². The molecule has 20 heavy (non-hydrogen) atoms. The van der Waals surface area contributed by atoms with Gasteiger partial charge < -0.3 is 14.8 Å². The van der Waals surface area contributed by atoms with Crippen LogP contribution in [0.4, 0.5) is 0 Å². The van der Waals surface area contributed by atoms with Crippen molar-refractivity contribution < 1.29 is 9.47 Å². The molecule has 0 fully saturated rings. The fraction of sp³-hybridized carbons (Fsp3) is 0.800. The van der Waals surface area contributed by atoms with Crippen molar-refractivity contribution in [3.05, 3.63) is 18.0 Å². The zero-order valence-corrected chi connectivity index (χ0v) is 13.1. The van der Waals surface area contributed by atoms with Crippen LogP contribution in [-0.2, 0) is 16.0 Å². The number of methoxy groups -OCH3 is 1. The van der Waals surface area contributed by atoms with Gasteiger partial charge in [-0.3, -0.25) is 4.68 Å². The van der Waals surface area contributed by atoms with E-state index < -0.39 is 0 Å². The monoisotopic (exact) mass is 283 g/mol. The van der Waals surface area contributed by atoms with Crippen LogP contribution in [0.3, 0.4) is 0 Å². The Kier molecular flexibility index (Phi) is 9.28. The fourth-order valence-electron chi connectivity index (χ4n) is 2.10. The molecule has 0 aromatic carbocycles. The predicted octanol–water partition coefficient (Wildman–Crippen LogP) is 2.39. The minimum atomic E-state index is 0.526. The Morgan fingerprint density at radius 2 is 2.05 bits per heavy atom. The summed E-state index contributed by atoms with van der Waals surface area (Å²) >= 11 is 0. The quantitative estimate of drug-likeness (QED) is 0.598. The van der Waals surface area contributed by atoms with Crippen molar-refractivity contribution in [1.82, 2.24) is 15.1 Å². The molecule has 0 aliphatic rings. The van der Waals surface area contributed by atoms with E-state index in [2.05, 4.69) is 41.2 Å². The number of ether oxygens (including phenoxy) is 2. The smallest absolute Gasteiger partial charge is 0.0762 e. The Morgan fingerprint density at radius 1 is 1.25 bits per heavy atom. The van der Waals surface area contributed by atoms with E-state index in [0.717, 1.165) is 44.7 Å². The first-order chi connectivity index (χ1) is 9.81. The zero-order chi connectivity index (χ0) is 14.6. The van der Waals surface area contributed by atoms with Crippen molar-refractivity contribution in [3.8, 4) is 0 Å². The van der Waals surface area contributed by atoms with Crippen molar-refractivity contribution in [2.24, 2.45) is 0 Å². The van der Waals surface area contributed by atoms with E-state index in [0.29, 0.717) is 19.3 Å². The number of hydrogen-bond donors (Lipinski definition) is 1. The van der Waals surface area contributed by atoms with E-state index >= 15 is 0 Å². The second kappa shape index (κ2) is 10.8. The maximum absolute atomic E-state index is 5.41. The molecule has 1 aromatic heterocycles. The summed E-state index contributed by atoms with van der Waals surface area (Å²) in [6.07, 6.45) is 5.35. The largest absolute Gasteiger partial charge is 0.382 e. The Balaban J connectivity index is 2.10. The molecule has 1 N–H and O–H groups in total. The minimum absolute atomic E-state index is 0.526. The average molecular weight is 283 g/mol. The van der Waals surface area contributed by atoms with Crippen LogP contribution in [0.1, 0.15) is 44.8 Å². The van der Waals surface area contributed by atoms with Crippen molar-refractivity contribution in [3.63, 3.8) is 0 Å². The topological polar surface area (TPSA) is 48.3 Å². The summed E-state index contributed by atoms with van der Waals surface area (Å²) < 4.78 is 12.4. The molecule has 116 valence electrons. The number of hydrogen-bond acceptors (Lipinski definition) is 4. The van der Waals surface area contributed by atoms with Gasteiger partial charge in [0.2, 0.25) is 0 Å². The zero-order valence-electron chi connectivity index (χ0n) is 13.1. The Hall–Kier alpha value is -0.910. The van der Waals surface area contributed by atoms with Crippen LogP contribution in [0.5, 0.6) is 0 Å². The SMILES string of the molecule is CCC(CC)n1ccc(CNCCCOCCOC)n1. The summed E-state index contributed by atoms with van der Waals surface area (Å²) in [5.74, 6) is 0. The predicted molar refractivity (Wildman–Crippen MR) is 80.9 cm³/mol. The summed E-state index contributed by atoms with van der Waals surface area (Å²) in [5, 5.41) is 8.01. The summed E-state index contributed by atoms with van der Waals surface area (Å²) in [5.41, 5.74) is 1.11. The number of nitrogens with one attached hydrogen (secondary N) is 1. The lowest BCUT2D eigenvalue weighted by molar-refractivity contribution is 0.0694. The standard InChI is InChI=1S/C15H29N3O2/c1-4-15(5-2)18-9-7-14(17-18)13-16-8-6-10-20-12-11-19-3/h7,9,15-16H,4-6,8,10-13H2,1-3H3. The molecule has 1 rings (SSSR count). The second-order valence-electron chi connectivity index (χ2n) is 4.89. The van der Waals surface area contributed by atoms with E-state index in [1.54, 1.807) is 7.11 Å². The molecule has 0 spiro atoms. The van der Waals surface area contributed by atoms with Crippen molar-refractivity contribution >= 4 is 0 Å². The average Bonchev–Trinajstić information content (AvgIpc) is 2.92. The van der Waals surface area contributed by atoms with Crippen LogP contribution >= 0.6 is 0 Å². The highest BCUT2D eigenvalue weighted by Gasteiger charge is 2.07. The van der Waals surface area contributed by atoms with Crippen LogP contribution in [-0.4, -0.2) is 43.3 Å². The third-order valence-electron chi connectivity index (χ3n) is 3.36. The maximum atomic E-state index is 5.41. The van der Waals surface area contributed by atoms with Crippen LogP contribution in [0, 0.1) is 0 Å². The molecular weight excluding hydrogens is 254 g/mol. The third-order valence-corrected chi connectivity index (χ3v) is 3.36. The highest BCUT2D eigenvalue weighted by Crippen LogP contribution is 2.14. The Bertz CT molecular complexity index is 338. The molecule has 0 aliphatic carbocycles. The summed E-state index contributed by atoms with van der Waals surface area (Å²) in [4.78, 5) is 0. The summed E-state index contributed by atoms with van der Waals surface area (Å²) in [7, 11) is 1.69. The highest BCUT2D eigenvalue weighted by atomic mass is 16.5. The first-order valence-electron chi connectivity index (χ1n) is 7.63. The van der Waals surface area contributed by atoms with Gasteiger partial charge in [-0.15, -0.1) is 0 Å². The molecule has 1 aromatic rings. The first kappa shape index (κ1) is 17.1. The molecule has 0 saturated heterocycles. The van der Waals surface area contributed by atoms with Gasteiger partial charge in [-0.25, -0.2) is 0 Å². The Morgan fingerprint density at radius 3 is 2.75 bits per heavy atom. The lowest BCUT2D eigenvalue weighted by Crippen LogP contribution is -2.17. The highest BCUT2D eigenvalue weighted by molar-refractivity contribution is 4.99. The molecule has 0 aliphatic heterocycles. The van der Waals surface area contributed by atoms with E-state index in [-0.39, 0.29) is 0 Å². The number of nitrogens with zero attached hydrogens (tertiary/aromatic N) is 2. The molecule has 0 atom stereocenters. The molecule has 5 nitrogen and oxygen atoms in total. The van der Waals surface area contributed by atoms with Gasteiger partial charge in [-0.2, -0.15) is 5.10 Å². The van der Waals surface area contributed by atoms with Gasteiger partial charge in [-0.05, 0) is 31.9 Å². The lowest BCUT2D eigenvalue weighted by atomic mass is 10.2. The van der Waals surface area contributed by atoms with E-state index in [1.165, 1.54) is 0 Å². The molecule has 0 radical (unpaired) electrons. The van der Waals surface area contributed by atoms with E-state index in [4.69, 9.17) is 9.47 Å². The lowest BCUT2D eigenvalue weighted by Gasteiger charge is -2.12. The van der Waals surface area contributed by atoms with Gasteiger partial charge in [0.15, 0.2) is 0 Å². The number of aromatic nitrogens is 2. The summed E-state index contributed by atoms with van der Waals surface area (Å²) in [6, 6.07) is 2.62. The molecule has 0 saturated carbocycles. The van der Waals surface area contributed by atoms with Crippen molar-refractivity contribution in [2.45, 2.75) is 45.7 Å². The molecular formula is C15H29N3O2. The first-order valence-corrected chi connectivity index (χ1v) is 7.63. The van der Waals surface area contributed by atoms with Crippen LogP contribution in [0.25, 0.3) is 0 Å². The van der Waals surface area contributed by atoms with Crippen LogP contribution in [0.2, 0.25) is 0 Å². The molecule has 0 unspecified atom stereocenters. The van der Waals surface area contributed by atoms with Crippen LogP contribution in [0.15, 0.2) is 12.3 Å². The minimum Gasteiger partial charge on any atom is -0.382 e. The summed E-state index contributed by atoms with van der Waals surface area (Å²) in [6.45, 7) is 8.31. The van der Waals surface area contributed by atoms with Gasteiger partial charge in [0.05, 0.1) is 24.9 Å². The van der Waals surface area contributed by atoms with Gasteiger partial charge in [0.25, 0.3) is 0 Å².